The third-order valence-corrected chi connectivity index (χ3v) is 13.1. The van der Waals surface area contributed by atoms with E-state index in [4.69, 9.17) is 11.6 Å². The zero-order valence-electron chi connectivity index (χ0n) is 39.5. The number of alkyl halides is 1. The van der Waals surface area contributed by atoms with Crippen molar-refractivity contribution in [1.82, 2.24) is 30.8 Å². The minimum atomic E-state index is 0. The van der Waals surface area contributed by atoms with Gasteiger partial charge in [-0.2, -0.15) is 0 Å². The molecule has 12 nitrogen and oxygen atoms in total. The summed E-state index contributed by atoms with van der Waals surface area (Å²) in [7, 11) is 5.68. The number of halogens is 2. The first kappa shape index (κ1) is 58.8. The van der Waals surface area contributed by atoms with Gasteiger partial charge in [-0.05, 0) is 113 Å². The van der Waals surface area contributed by atoms with Gasteiger partial charge in [-0.15, -0.1) is 11.6 Å². The predicted molar refractivity (Wildman–Crippen MR) is 264 cm³/mol. The Labute approximate surface area is 464 Å². The number of anilines is 2. The topological polar surface area (TPSA) is 140 Å². The number of hydrogen-bond acceptors (Lipinski definition) is 12. The van der Waals surface area contributed by atoms with Crippen LogP contribution in [0.1, 0.15) is 108 Å². The summed E-state index contributed by atoms with van der Waals surface area (Å²) < 4.78 is 0. The van der Waals surface area contributed by atoms with E-state index in [2.05, 4.69) is 83.9 Å². The van der Waals surface area contributed by atoms with Crippen LogP contribution in [0.15, 0.2) is 85.5 Å². The van der Waals surface area contributed by atoms with Crippen LogP contribution in [0, 0.1) is 0 Å². The van der Waals surface area contributed by atoms with Crippen molar-refractivity contribution in [2.24, 2.45) is 0 Å². The number of rotatable bonds is 10. The molecule has 0 unspecified atom stereocenters. The summed E-state index contributed by atoms with van der Waals surface area (Å²) in [4.78, 5) is 62.7. The van der Waals surface area contributed by atoms with E-state index in [1.807, 2.05) is 21.1 Å². The SMILES string of the molecule is C.CCNC.CNC.O=C(CCCCl)c1ccncc1.O=C1Cc2cccc3c2N(C1)[C@H]1CCN(CCCC(=O)c2ccncc2)C[C@@H]31.O=C1Cc2cccc3c2N(C1)[C@H]1CCNC[C@@H]31.[I-].[K+]. The van der Waals surface area contributed by atoms with Crippen molar-refractivity contribution in [2.45, 2.75) is 89.6 Å². The number of aromatic nitrogens is 2. The molecule has 358 valence electrons. The van der Waals surface area contributed by atoms with E-state index in [1.165, 1.54) is 33.6 Å². The van der Waals surface area contributed by atoms with E-state index in [9.17, 15) is 19.2 Å². The van der Waals surface area contributed by atoms with Gasteiger partial charge in [0.2, 0.25) is 0 Å². The second kappa shape index (κ2) is 30.3. The molecule has 0 saturated carbocycles. The summed E-state index contributed by atoms with van der Waals surface area (Å²) >= 11 is 5.47. The largest absolute Gasteiger partial charge is 1.00 e. The van der Waals surface area contributed by atoms with Crippen LogP contribution >= 0.6 is 11.6 Å². The molecule has 0 amide bonds. The second-order valence-electron chi connectivity index (χ2n) is 17.2. The molecule has 0 bridgehead atoms. The van der Waals surface area contributed by atoms with Crippen LogP contribution in [0.3, 0.4) is 0 Å². The molecule has 10 rings (SSSR count). The number of hydrogen-bond donors (Lipinski definition) is 3. The summed E-state index contributed by atoms with van der Waals surface area (Å²) in [6, 6.07) is 21.0. The zero-order valence-corrected chi connectivity index (χ0v) is 45.6. The van der Waals surface area contributed by atoms with Crippen LogP contribution < -0.4 is 101 Å². The Hall–Kier alpha value is -2.48. The first-order chi connectivity index (χ1) is 31.2. The summed E-state index contributed by atoms with van der Waals surface area (Å²) in [6.45, 7) is 9.50. The number of nitrogens with one attached hydrogen (secondary N) is 3. The molecule has 67 heavy (non-hydrogen) atoms. The molecule has 6 aliphatic heterocycles. The molecule has 0 spiro atoms. The van der Waals surface area contributed by atoms with Crippen molar-refractivity contribution in [3.8, 4) is 0 Å². The Morgan fingerprint density at radius 3 is 1.72 bits per heavy atom. The molecule has 4 aromatic rings. The number of nitrogens with zero attached hydrogens (tertiary/aromatic N) is 5. The summed E-state index contributed by atoms with van der Waals surface area (Å²) in [6.07, 6.45) is 12.8. The molecule has 0 radical (unpaired) electrons. The molecule has 2 fully saturated rings. The van der Waals surface area contributed by atoms with Crippen molar-refractivity contribution >= 4 is 46.1 Å². The molecule has 2 aromatic heterocycles. The fourth-order valence-corrected chi connectivity index (χ4v) is 10.1. The number of para-hydroxylation sites is 2. The molecule has 2 saturated heterocycles. The van der Waals surface area contributed by atoms with Gasteiger partial charge in [0.25, 0.3) is 0 Å². The van der Waals surface area contributed by atoms with Crippen LogP contribution in [-0.4, -0.2) is 129 Å². The zero-order chi connectivity index (χ0) is 45.4. The van der Waals surface area contributed by atoms with Crippen LogP contribution in [0.5, 0.6) is 0 Å². The van der Waals surface area contributed by atoms with Gasteiger partial charge in [0, 0.05) is 122 Å². The molecular formula is C52H71ClIKN8O4. The number of carbonyl (C=O) groups excluding carboxylic acids is 4. The Morgan fingerprint density at radius 1 is 0.746 bits per heavy atom. The maximum absolute atomic E-state index is 12.3. The molecule has 15 heteroatoms. The molecule has 3 N–H and O–H groups in total. The molecule has 6 aliphatic rings. The van der Waals surface area contributed by atoms with E-state index in [0.717, 1.165) is 76.1 Å². The van der Waals surface area contributed by atoms with Crippen LogP contribution in [-0.2, 0) is 22.4 Å². The third kappa shape index (κ3) is 15.5. The Bertz CT molecular complexity index is 2170. The minimum absolute atomic E-state index is 0. The summed E-state index contributed by atoms with van der Waals surface area (Å²) in [5.41, 5.74) is 9.53. The van der Waals surface area contributed by atoms with Crippen molar-refractivity contribution in [2.75, 3.05) is 89.2 Å². The molecule has 0 aliphatic carbocycles. The van der Waals surface area contributed by atoms with E-state index in [1.54, 1.807) is 49.1 Å². The molecule has 4 atom stereocenters. The number of carbonyl (C=O) groups is 4. The minimum Gasteiger partial charge on any atom is -1.00 e. The van der Waals surface area contributed by atoms with Gasteiger partial charge >= 0.3 is 51.4 Å². The van der Waals surface area contributed by atoms with Crippen molar-refractivity contribution < 1.29 is 94.5 Å². The van der Waals surface area contributed by atoms with Gasteiger partial charge in [-0.25, -0.2) is 0 Å². The number of benzene rings is 2. The van der Waals surface area contributed by atoms with Gasteiger partial charge in [0.1, 0.15) is 0 Å². The van der Waals surface area contributed by atoms with E-state index in [0.29, 0.717) is 80.1 Å². The fourth-order valence-electron chi connectivity index (χ4n) is 9.93. The number of Topliss-reactive ketones (excluding diaryl/α,β-unsaturated/α-hetero) is 4. The maximum atomic E-state index is 12.3. The fraction of sp³-hybridized carbons (Fsp3) is 0.500. The Balaban J connectivity index is 0.000000262. The Kier molecular flexibility index (Phi) is 26.6. The van der Waals surface area contributed by atoms with Crippen LogP contribution in [0.2, 0.25) is 0 Å². The van der Waals surface area contributed by atoms with E-state index >= 15 is 0 Å². The van der Waals surface area contributed by atoms with Crippen molar-refractivity contribution in [3.05, 3.63) is 119 Å². The smallest absolute Gasteiger partial charge is 1.00 e. The van der Waals surface area contributed by atoms with Gasteiger partial charge < -0.3 is 54.6 Å². The second-order valence-corrected chi connectivity index (χ2v) is 17.6. The van der Waals surface area contributed by atoms with Crippen LogP contribution in [0.25, 0.3) is 0 Å². The number of pyridine rings is 2. The van der Waals surface area contributed by atoms with Gasteiger partial charge in [0.15, 0.2) is 23.1 Å². The standard InChI is InChI=1S/C23H25N3O2.C14H16N2O.C9H10ClNO.C3H9N.C2H7N.CH4.HI.K/c27-18-13-17-3-1-4-19-20-15-25(12-8-21(20)26(14-18)23(17)19)11-2-5-22(28)16-6-9-24-10-7-16;17-10-6-9-2-1-3-11-12-7-15-5-4-13(12)16(8-10)14(9)11;10-5-1-2-9(12)8-3-6-11-7-4-8;1-3-4-2;1-3-2;;;/h1,3-4,6-7,9-10,20-21H,2,5,8,11-15H2;1-3,12-13,15H,4-8H2;3-4,6-7H,1-2,5H2;4H,3H2,1-2H3;3H,1-2H3;1H4;1H;/q;;;;;;;+1/p-1/t20-,21-;12-,13-;;;;;;/m00....../s1. The quantitative estimate of drug-likeness (QED) is 0.0902. The summed E-state index contributed by atoms with van der Waals surface area (Å²) in [5.74, 6) is 2.64. The average molecular weight is 1070 g/mol. The van der Waals surface area contributed by atoms with Crippen molar-refractivity contribution in [1.29, 1.82) is 0 Å². The number of fused-ring (bicyclic) bond motifs is 6. The number of likely N-dealkylation sites (tertiary alicyclic amines) is 1. The predicted octanol–water partition coefficient (Wildman–Crippen LogP) is 0.914. The van der Waals surface area contributed by atoms with E-state index in [-0.39, 0.29) is 94.4 Å². The van der Waals surface area contributed by atoms with Gasteiger partial charge in [-0.3, -0.25) is 29.1 Å². The summed E-state index contributed by atoms with van der Waals surface area (Å²) in [5, 5.41) is 9.16. The molecule has 2 aromatic carbocycles. The third-order valence-electron chi connectivity index (χ3n) is 12.8. The van der Waals surface area contributed by atoms with Gasteiger partial charge in [0.05, 0.1) is 13.1 Å². The number of ketones is 4. The number of piperidine rings is 2. The van der Waals surface area contributed by atoms with E-state index < -0.39 is 0 Å². The normalized spacial score (nSPS) is 19.9. The maximum Gasteiger partial charge on any atom is 1.00 e. The first-order valence-electron chi connectivity index (χ1n) is 23.1. The van der Waals surface area contributed by atoms with Crippen LogP contribution in [0.4, 0.5) is 11.4 Å². The molecular weight excluding hydrogens is 1000 g/mol. The van der Waals surface area contributed by atoms with Gasteiger partial charge in [-0.1, -0.05) is 50.7 Å². The Morgan fingerprint density at radius 2 is 1.22 bits per heavy atom. The monoisotopic (exact) mass is 1070 g/mol. The average Bonchev–Trinajstić information content (AvgIpc) is 3.82. The van der Waals surface area contributed by atoms with Crippen molar-refractivity contribution in [3.63, 3.8) is 0 Å². The first-order valence-corrected chi connectivity index (χ1v) is 23.6. The molecule has 8 heterocycles.